The van der Waals surface area contributed by atoms with Gasteiger partial charge in [-0.1, -0.05) is 95.5 Å². The molecule has 4 aromatic carbocycles. The maximum absolute atomic E-state index is 13.9. The first kappa shape index (κ1) is 28.5. The van der Waals surface area contributed by atoms with Crippen molar-refractivity contribution >= 4 is 46.6 Å². The number of rotatable bonds is 10. The summed E-state index contributed by atoms with van der Waals surface area (Å²) < 4.78 is 5.28. The molecule has 200 valence electrons. The van der Waals surface area contributed by atoms with Gasteiger partial charge in [-0.25, -0.2) is 0 Å². The first-order valence-corrected chi connectivity index (χ1v) is 13.4. The van der Waals surface area contributed by atoms with Crippen molar-refractivity contribution in [1.82, 2.24) is 10.2 Å². The zero-order chi connectivity index (χ0) is 27.8. The summed E-state index contributed by atoms with van der Waals surface area (Å²) in [6, 6.07) is 28.0. The van der Waals surface area contributed by atoms with Crippen LogP contribution in [0.5, 0.6) is 5.75 Å². The predicted molar refractivity (Wildman–Crippen MR) is 156 cm³/mol. The fraction of sp³-hybridized carbons (Fsp3) is 0.161. The second kappa shape index (κ2) is 13.5. The molecule has 0 saturated heterocycles. The van der Waals surface area contributed by atoms with Gasteiger partial charge in [0.1, 0.15) is 11.8 Å². The quantitative estimate of drug-likeness (QED) is 0.214. The summed E-state index contributed by atoms with van der Waals surface area (Å²) >= 11 is 18.4. The highest BCUT2D eigenvalue weighted by Gasteiger charge is 2.31. The Labute approximate surface area is 243 Å². The minimum absolute atomic E-state index is 0.104. The van der Waals surface area contributed by atoms with Crippen LogP contribution in [0.3, 0.4) is 0 Å². The number of nitrogens with one attached hydrogen (secondary N) is 1. The van der Waals surface area contributed by atoms with Crippen molar-refractivity contribution in [3.05, 3.63) is 134 Å². The summed E-state index contributed by atoms with van der Waals surface area (Å²) in [6.45, 7) is 0.394. The summed E-state index contributed by atoms with van der Waals surface area (Å²) in [7, 11) is 1.60. The van der Waals surface area contributed by atoms with E-state index in [2.05, 4.69) is 5.32 Å². The standard InChI is InChI=1S/C31H27Cl3N2O3/c1-39-27-15-9-22(10-16-27)20-36(29(37)17-21-7-12-25(32)13-8-21)30(23-5-3-2-4-6-23)31(38)35-19-24-11-14-26(33)18-28(24)34/h2-16,18,30H,17,19-20H2,1H3,(H,35,38). The molecule has 1 unspecified atom stereocenters. The Bertz CT molecular complexity index is 1410. The van der Waals surface area contributed by atoms with Gasteiger partial charge < -0.3 is 15.0 Å². The molecular weight excluding hydrogens is 555 g/mol. The van der Waals surface area contributed by atoms with Crippen molar-refractivity contribution in [3.8, 4) is 5.75 Å². The predicted octanol–water partition coefficient (Wildman–Crippen LogP) is 7.28. The first-order chi connectivity index (χ1) is 18.8. The molecule has 0 aromatic heterocycles. The molecular formula is C31H27Cl3N2O3. The average molecular weight is 582 g/mol. The van der Waals surface area contributed by atoms with Crippen molar-refractivity contribution < 1.29 is 14.3 Å². The van der Waals surface area contributed by atoms with Crippen molar-refractivity contribution in [2.24, 2.45) is 0 Å². The Morgan fingerprint density at radius 3 is 2.10 bits per heavy atom. The number of nitrogens with zero attached hydrogens (tertiary/aromatic N) is 1. The third-order valence-corrected chi connectivity index (χ3v) is 7.08. The van der Waals surface area contributed by atoms with Crippen LogP contribution in [0, 0.1) is 0 Å². The number of halogens is 3. The lowest BCUT2D eigenvalue weighted by Crippen LogP contribution is -2.43. The van der Waals surface area contributed by atoms with Crippen LogP contribution in [-0.4, -0.2) is 23.8 Å². The minimum atomic E-state index is -0.890. The minimum Gasteiger partial charge on any atom is -0.497 e. The number of amides is 2. The van der Waals surface area contributed by atoms with Crippen LogP contribution in [0.2, 0.25) is 15.1 Å². The van der Waals surface area contributed by atoms with Crippen LogP contribution in [0.4, 0.5) is 0 Å². The lowest BCUT2D eigenvalue weighted by Gasteiger charge is -2.32. The number of hydrogen-bond donors (Lipinski definition) is 1. The van der Waals surface area contributed by atoms with E-state index in [0.29, 0.717) is 26.4 Å². The van der Waals surface area contributed by atoms with Crippen LogP contribution in [0.15, 0.2) is 97.1 Å². The van der Waals surface area contributed by atoms with Crippen molar-refractivity contribution in [3.63, 3.8) is 0 Å². The SMILES string of the molecule is COc1ccc(CN(C(=O)Cc2ccc(Cl)cc2)C(C(=O)NCc2ccc(Cl)cc2Cl)c2ccccc2)cc1. The molecule has 0 aliphatic heterocycles. The Kier molecular flexibility index (Phi) is 9.88. The summed E-state index contributed by atoms with van der Waals surface area (Å²) in [5, 5.41) is 4.52. The van der Waals surface area contributed by atoms with E-state index in [9.17, 15) is 9.59 Å². The largest absolute Gasteiger partial charge is 0.497 e. The van der Waals surface area contributed by atoms with Gasteiger partial charge in [0.25, 0.3) is 0 Å². The normalized spacial score (nSPS) is 11.5. The molecule has 0 spiro atoms. The monoisotopic (exact) mass is 580 g/mol. The van der Waals surface area contributed by atoms with Gasteiger partial charge >= 0.3 is 0 Å². The molecule has 4 aromatic rings. The van der Waals surface area contributed by atoms with Crippen LogP contribution in [0.25, 0.3) is 0 Å². The van der Waals surface area contributed by atoms with Crippen LogP contribution < -0.4 is 10.1 Å². The molecule has 39 heavy (non-hydrogen) atoms. The molecule has 0 radical (unpaired) electrons. The fourth-order valence-electron chi connectivity index (χ4n) is 4.18. The fourth-order valence-corrected chi connectivity index (χ4v) is 4.78. The lowest BCUT2D eigenvalue weighted by atomic mass is 10.0. The van der Waals surface area contributed by atoms with E-state index >= 15 is 0 Å². The molecule has 0 bridgehead atoms. The van der Waals surface area contributed by atoms with E-state index in [0.717, 1.165) is 16.7 Å². The lowest BCUT2D eigenvalue weighted by molar-refractivity contribution is -0.141. The van der Waals surface area contributed by atoms with Crippen molar-refractivity contribution in [2.75, 3.05) is 7.11 Å². The molecule has 5 nitrogen and oxygen atoms in total. The van der Waals surface area contributed by atoms with Gasteiger partial charge in [-0.2, -0.15) is 0 Å². The molecule has 8 heteroatoms. The van der Waals surface area contributed by atoms with Gasteiger partial charge in [-0.15, -0.1) is 0 Å². The maximum Gasteiger partial charge on any atom is 0.247 e. The van der Waals surface area contributed by atoms with Crippen molar-refractivity contribution in [1.29, 1.82) is 0 Å². The number of carbonyl (C=O) groups is 2. The second-order valence-electron chi connectivity index (χ2n) is 8.94. The molecule has 0 aliphatic carbocycles. The highest BCUT2D eigenvalue weighted by Crippen LogP contribution is 2.27. The van der Waals surface area contributed by atoms with Gasteiger partial charge in [0, 0.05) is 28.2 Å². The molecule has 4 rings (SSSR count). The van der Waals surface area contributed by atoms with Gasteiger partial charge in [0.05, 0.1) is 13.5 Å². The van der Waals surface area contributed by atoms with Crippen LogP contribution in [0.1, 0.15) is 28.3 Å². The molecule has 0 heterocycles. The van der Waals surface area contributed by atoms with E-state index in [-0.39, 0.29) is 31.3 Å². The molecule has 0 saturated carbocycles. The second-order valence-corrected chi connectivity index (χ2v) is 10.2. The van der Waals surface area contributed by atoms with E-state index in [4.69, 9.17) is 39.5 Å². The van der Waals surface area contributed by atoms with E-state index in [1.807, 2.05) is 66.7 Å². The molecule has 0 aliphatic rings. The molecule has 1 N–H and O–H groups in total. The summed E-state index contributed by atoms with van der Waals surface area (Å²) in [6.07, 6.45) is 0.104. The number of ether oxygens (including phenoxy) is 1. The molecule has 1 atom stereocenters. The summed E-state index contributed by atoms with van der Waals surface area (Å²) in [5.41, 5.74) is 3.06. The summed E-state index contributed by atoms with van der Waals surface area (Å²) in [4.78, 5) is 29.3. The van der Waals surface area contributed by atoms with E-state index in [1.54, 1.807) is 42.3 Å². The zero-order valence-corrected chi connectivity index (χ0v) is 23.5. The topological polar surface area (TPSA) is 58.6 Å². The Balaban J connectivity index is 1.67. The average Bonchev–Trinajstić information content (AvgIpc) is 2.94. The Morgan fingerprint density at radius 2 is 1.46 bits per heavy atom. The van der Waals surface area contributed by atoms with Crippen LogP contribution in [-0.2, 0) is 29.1 Å². The number of hydrogen-bond acceptors (Lipinski definition) is 3. The first-order valence-electron chi connectivity index (χ1n) is 12.3. The highest BCUT2D eigenvalue weighted by molar-refractivity contribution is 6.35. The van der Waals surface area contributed by atoms with E-state index in [1.165, 1.54) is 0 Å². The van der Waals surface area contributed by atoms with Gasteiger partial charge in [0.2, 0.25) is 11.8 Å². The smallest absolute Gasteiger partial charge is 0.247 e. The number of carbonyl (C=O) groups excluding carboxylic acids is 2. The number of benzene rings is 4. The zero-order valence-electron chi connectivity index (χ0n) is 21.2. The number of methoxy groups -OCH3 is 1. The van der Waals surface area contributed by atoms with E-state index < -0.39 is 6.04 Å². The van der Waals surface area contributed by atoms with Crippen molar-refractivity contribution in [2.45, 2.75) is 25.6 Å². The van der Waals surface area contributed by atoms with Crippen LogP contribution >= 0.6 is 34.8 Å². The Morgan fingerprint density at radius 1 is 0.821 bits per heavy atom. The third kappa shape index (κ3) is 7.76. The molecule has 2 amide bonds. The third-order valence-electron chi connectivity index (χ3n) is 6.24. The van der Waals surface area contributed by atoms with Gasteiger partial charge in [-0.3, -0.25) is 9.59 Å². The highest BCUT2D eigenvalue weighted by atomic mass is 35.5. The maximum atomic E-state index is 13.9. The summed E-state index contributed by atoms with van der Waals surface area (Å²) in [5.74, 6) is 0.168. The Hall–Kier alpha value is -3.51. The molecule has 0 fully saturated rings. The van der Waals surface area contributed by atoms with Gasteiger partial charge in [-0.05, 0) is 58.7 Å². The van der Waals surface area contributed by atoms with Gasteiger partial charge in [0.15, 0.2) is 0 Å².